The molecule has 0 bridgehead atoms. The van der Waals surface area contributed by atoms with Gasteiger partial charge in [-0.15, -0.1) is 0 Å². The van der Waals surface area contributed by atoms with Crippen LogP contribution in [0.1, 0.15) is 5.76 Å². The lowest BCUT2D eigenvalue weighted by molar-refractivity contribution is -0.384. The van der Waals surface area contributed by atoms with Crippen LogP contribution in [0.15, 0.2) is 47.1 Å². The number of halogens is 1. The second-order valence-corrected chi connectivity index (χ2v) is 6.80. The maximum absolute atomic E-state index is 12.0. The Hall–Kier alpha value is -2.91. The number of carbonyl (C=O) groups is 1. The van der Waals surface area contributed by atoms with Crippen LogP contribution >= 0.6 is 23.8 Å². The fraction of sp³-hybridized carbons (Fsp3) is 0.222. The van der Waals surface area contributed by atoms with Gasteiger partial charge >= 0.3 is 0 Å². The SMILES string of the molecule is O=C(/C=C/c1ccco1)NC(=S)N1CCN(c2ccc([N+](=O)[O-])cc2Cl)CC1. The molecule has 0 atom stereocenters. The van der Waals surface area contributed by atoms with Crippen LogP contribution in [-0.2, 0) is 4.79 Å². The monoisotopic (exact) mass is 420 g/mol. The predicted molar refractivity (Wildman–Crippen MR) is 110 cm³/mol. The van der Waals surface area contributed by atoms with E-state index in [0.29, 0.717) is 42.1 Å². The lowest BCUT2D eigenvalue weighted by Gasteiger charge is -2.37. The van der Waals surface area contributed by atoms with Crippen LogP contribution in [0, 0.1) is 10.1 Å². The van der Waals surface area contributed by atoms with E-state index in [1.54, 1.807) is 24.3 Å². The van der Waals surface area contributed by atoms with Crippen molar-refractivity contribution in [2.24, 2.45) is 0 Å². The number of nitrogens with zero attached hydrogens (tertiary/aromatic N) is 3. The van der Waals surface area contributed by atoms with E-state index in [1.807, 2.05) is 9.80 Å². The van der Waals surface area contributed by atoms with Crippen molar-refractivity contribution >= 4 is 52.3 Å². The van der Waals surface area contributed by atoms with Gasteiger partial charge in [0.05, 0.1) is 21.9 Å². The zero-order valence-corrected chi connectivity index (χ0v) is 16.3. The Bertz CT molecular complexity index is 908. The smallest absolute Gasteiger partial charge is 0.271 e. The van der Waals surface area contributed by atoms with Crippen LogP contribution in [0.2, 0.25) is 5.02 Å². The van der Waals surface area contributed by atoms with Gasteiger partial charge in [0, 0.05) is 44.4 Å². The average Bonchev–Trinajstić information content (AvgIpc) is 3.20. The Kier molecular flexibility index (Phi) is 6.27. The number of nitro groups is 1. The number of furan rings is 1. The van der Waals surface area contributed by atoms with Crippen LogP contribution in [-0.4, -0.2) is 47.0 Å². The van der Waals surface area contributed by atoms with Crippen molar-refractivity contribution in [2.45, 2.75) is 0 Å². The Labute approximate surface area is 171 Å². The molecule has 146 valence electrons. The first-order valence-corrected chi connectivity index (χ1v) is 9.23. The standard InChI is InChI=1S/C18H17ClN4O4S/c19-15-12-13(23(25)26)3-5-16(15)21-7-9-22(10-8-21)18(28)20-17(24)6-4-14-2-1-11-27-14/h1-6,11-12H,7-10H2,(H,20,24,28)/b6-4+. The first-order valence-electron chi connectivity index (χ1n) is 8.44. The minimum Gasteiger partial charge on any atom is -0.465 e. The van der Waals surface area contributed by atoms with Gasteiger partial charge in [0.2, 0.25) is 5.91 Å². The topological polar surface area (TPSA) is 91.9 Å². The molecule has 2 aromatic rings. The molecule has 2 heterocycles. The summed E-state index contributed by atoms with van der Waals surface area (Å²) in [4.78, 5) is 26.2. The number of piperazine rings is 1. The molecule has 28 heavy (non-hydrogen) atoms. The molecule has 0 unspecified atom stereocenters. The number of rotatable bonds is 4. The number of amides is 1. The zero-order chi connectivity index (χ0) is 20.1. The number of anilines is 1. The Morgan fingerprint density at radius 3 is 2.64 bits per heavy atom. The first-order chi connectivity index (χ1) is 13.4. The molecular formula is C18H17ClN4O4S. The van der Waals surface area contributed by atoms with Gasteiger partial charge < -0.3 is 14.2 Å². The highest BCUT2D eigenvalue weighted by Gasteiger charge is 2.22. The molecule has 10 heteroatoms. The van der Waals surface area contributed by atoms with Gasteiger partial charge in [-0.3, -0.25) is 20.2 Å². The molecule has 1 aromatic carbocycles. The maximum atomic E-state index is 12.0. The summed E-state index contributed by atoms with van der Waals surface area (Å²) in [5.41, 5.74) is 0.696. The molecule has 1 saturated heterocycles. The number of hydrogen-bond donors (Lipinski definition) is 1. The van der Waals surface area contributed by atoms with Crippen molar-refractivity contribution in [2.75, 3.05) is 31.1 Å². The average molecular weight is 421 g/mol. The molecule has 1 aromatic heterocycles. The number of hydrogen-bond acceptors (Lipinski definition) is 6. The van der Waals surface area contributed by atoms with Crippen LogP contribution in [0.4, 0.5) is 11.4 Å². The van der Waals surface area contributed by atoms with Crippen LogP contribution in [0.25, 0.3) is 6.08 Å². The molecule has 0 radical (unpaired) electrons. The summed E-state index contributed by atoms with van der Waals surface area (Å²) in [6.07, 6.45) is 4.45. The summed E-state index contributed by atoms with van der Waals surface area (Å²) in [7, 11) is 0. The fourth-order valence-electron chi connectivity index (χ4n) is 2.79. The molecule has 1 aliphatic rings. The van der Waals surface area contributed by atoms with Crippen LogP contribution < -0.4 is 10.2 Å². The highest BCUT2D eigenvalue weighted by atomic mass is 35.5. The molecule has 8 nitrogen and oxygen atoms in total. The van der Waals surface area contributed by atoms with Gasteiger partial charge in [-0.25, -0.2) is 0 Å². The summed E-state index contributed by atoms with van der Waals surface area (Å²) < 4.78 is 5.13. The maximum Gasteiger partial charge on any atom is 0.271 e. The summed E-state index contributed by atoms with van der Waals surface area (Å²) in [6, 6.07) is 7.91. The number of nitrogens with one attached hydrogen (secondary N) is 1. The Morgan fingerprint density at radius 2 is 2.04 bits per heavy atom. The van der Waals surface area contributed by atoms with Gasteiger partial charge in [0.15, 0.2) is 5.11 Å². The fourth-order valence-corrected chi connectivity index (χ4v) is 3.36. The van der Waals surface area contributed by atoms with Crippen molar-refractivity contribution in [3.05, 3.63) is 63.6 Å². The Balaban J connectivity index is 1.52. The highest BCUT2D eigenvalue weighted by Crippen LogP contribution is 2.30. The zero-order valence-electron chi connectivity index (χ0n) is 14.7. The van der Waals surface area contributed by atoms with Gasteiger partial charge in [-0.2, -0.15) is 0 Å². The largest absolute Gasteiger partial charge is 0.465 e. The number of carbonyl (C=O) groups excluding carboxylic acids is 1. The molecule has 0 spiro atoms. The molecule has 1 N–H and O–H groups in total. The summed E-state index contributed by atoms with van der Waals surface area (Å²) in [5.74, 6) is 0.247. The quantitative estimate of drug-likeness (QED) is 0.351. The van der Waals surface area contributed by atoms with Crippen molar-refractivity contribution in [3.63, 3.8) is 0 Å². The minimum absolute atomic E-state index is 0.0427. The van der Waals surface area contributed by atoms with E-state index in [2.05, 4.69) is 5.32 Å². The summed E-state index contributed by atoms with van der Waals surface area (Å²) in [5, 5.41) is 14.2. The highest BCUT2D eigenvalue weighted by molar-refractivity contribution is 7.80. The molecule has 3 rings (SSSR count). The normalized spacial score (nSPS) is 14.3. The number of thiocarbonyl (C=S) groups is 1. The summed E-state index contributed by atoms with van der Waals surface area (Å²) >= 11 is 11.5. The minimum atomic E-state index is -0.477. The number of non-ortho nitro benzene ring substituents is 1. The van der Waals surface area contributed by atoms with Crippen molar-refractivity contribution in [1.29, 1.82) is 0 Å². The Morgan fingerprint density at radius 1 is 1.29 bits per heavy atom. The van der Waals surface area contributed by atoms with E-state index < -0.39 is 4.92 Å². The lowest BCUT2D eigenvalue weighted by Crippen LogP contribution is -2.52. The first kappa shape index (κ1) is 19.8. The molecule has 1 amide bonds. The third-order valence-electron chi connectivity index (χ3n) is 4.22. The predicted octanol–water partition coefficient (Wildman–Crippen LogP) is 3.08. The lowest BCUT2D eigenvalue weighted by atomic mass is 10.2. The van der Waals surface area contributed by atoms with Crippen LogP contribution in [0.5, 0.6) is 0 Å². The molecule has 0 aliphatic carbocycles. The van der Waals surface area contributed by atoms with Gasteiger partial charge in [0.25, 0.3) is 5.69 Å². The van der Waals surface area contributed by atoms with E-state index in [9.17, 15) is 14.9 Å². The molecule has 0 saturated carbocycles. The second kappa shape index (κ2) is 8.85. The van der Waals surface area contributed by atoms with Gasteiger partial charge in [0.1, 0.15) is 5.76 Å². The number of benzene rings is 1. The van der Waals surface area contributed by atoms with Crippen molar-refractivity contribution in [3.8, 4) is 0 Å². The van der Waals surface area contributed by atoms with Gasteiger partial charge in [-0.05, 0) is 36.5 Å². The van der Waals surface area contributed by atoms with Gasteiger partial charge in [-0.1, -0.05) is 11.6 Å². The summed E-state index contributed by atoms with van der Waals surface area (Å²) in [6.45, 7) is 2.42. The van der Waals surface area contributed by atoms with Crippen molar-refractivity contribution in [1.82, 2.24) is 10.2 Å². The van der Waals surface area contributed by atoms with Crippen molar-refractivity contribution < 1.29 is 14.1 Å². The second-order valence-electron chi connectivity index (χ2n) is 6.01. The van der Waals surface area contributed by atoms with E-state index >= 15 is 0 Å². The van der Waals surface area contributed by atoms with E-state index in [4.69, 9.17) is 28.2 Å². The molecule has 1 aliphatic heterocycles. The third-order valence-corrected chi connectivity index (χ3v) is 4.88. The number of nitro benzene ring substituents is 1. The van der Waals surface area contributed by atoms with E-state index in [-0.39, 0.29) is 11.6 Å². The third kappa shape index (κ3) is 4.87. The van der Waals surface area contributed by atoms with Crippen LogP contribution in [0.3, 0.4) is 0 Å². The molecular weight excluding hydrogens is 404 g/mol. The molecule has 1 fully saturated rings. The van der Waals surface area contributed by atoms with E-state index in [1.165, 1.54) is 24.5 Å². The van der Waals surface area contributed by atoms with E-state index in [0.717, 1.165) is 5.69 Å².